The van der Waals surface area contributed by atoms with Crippen molar-refractivity contribution in [3.63, 3.8) is 0 Å². The largest absolute Gasteiger partial charge is 0.493 e. The molecular formula is C19H9F5N4O2. The Hall–Kier alpha value is -4.30. The van der Waals surface area contributed by atoms with Crippen LogP contribution in [0.15, 0.2) is 41.6 Å². The van der Waals surface area contributed by atoms with Gasteiger partial charge in [-0.25, -0.2) is 8.78 Å². The Morgan fingerprint density at radius 1 is 0.933 bits per heavy atom. The molecule has 6 nitrogen and oxygen atoms in total. The zero-order chi connectivity index (χ0) is 22.5. The fraction of sp³-hybridized carbons (Fsp3) is 0.105. The highest BCUT2D eigenvalue weighted by atomic mass is 19.4. The van der Waals surface area contributed by atoms with Crippen LogP contribution in [-0.4, -0.2) is 7.11 Å². The highest BCUT2D eigenvalue weighted by molar-refractivity contribution is 5.62. The number of nitriles is 3. The van der Waals surface area contributed by atoms with Crippen molar-refractivity contribution < 1.29 is 31.4 Å². The van der Waals surface area contributed by atoms with Crippen LogP contribution in [0.5, 0.6) is 17.2 Å². The van der Waals surface area contributed by atoms with Crippen molar-refractivity contribution >= 4 is 5.69 Å². The fourth-order valence-electron chi connectivity index (χ4n) is 2.19. The van der Waals surface area contributed by atoms with Gasteiger partial charge in [0.05, 0.1) is 12.7 Å². The second-order valence-electron chi connectivity index (χ2n) is 5.44. The zero-order valence-corrected chi connectivity index (χ0v) is 14.9. The monoisotopic (exact) mass is 420 g/mol. The Balaban J connectivity index is 2.48. The lowest BCUT2D eigenvalue weighted by atomic mass is 10.2. The molecule has 30 heavy (non-hydrogen) atoms. The smallest absolute Gasteiger partial charge is 0.416 e. The quantitative estimate of drug-likeness (QED) is 0.538. The second kappa shape index (κ2) is 8.80. The van der Waals surface area contributed by atoms with Crippen LogP contribution in [0.3, 0.4) is 0 Å². The molecule has 0 aliphatic heterocycles. The summed E-state index contributed by atoms with van der Waals surface area (Å²) in [6.45, 7) is 0. The molecule has 152 valence electrons. The molecule has 11 heteroatoms. The number of halogens is 5. The maximum Gasteiger partial charge on any atom is 0.416 e. The normalized spacial score (nSPS) is 10.2. The highest BCUT2D eigenvalue weighted by Gasteiger charge is 2.33. The van der Waals surface area contributed by atoms with Gasteiger partial charge in [0, 0.05) is 11.8 Å². The van der Waals surface area contributed by atoms with Crippen molar-refractivity contribution in [3.8, 4) is 35.5 Å². The summed E-state index contributed by atoms with van der Waals surface area (Å²) in [5.41, 5.74) is -2.38. The molecule has 0 heterocycles. The molecule has 2 aromatic rings. The van der Waals surface area contributed by atoms with Crippen molar-refractivity contribution in [1.82, 2.24) is 0 Å². The van der Waals surface area contributed by atoms with Crippen molar-refractivity contribution in [2.75, 3.05) is 12.4 Å². The van der Waals surface area contributed by atoms with E-state index < -0.39 is 40.4 Å². The van der Waals surface area contributed by atoms with E-state index in [0.717, 1.165) is 6.07 Å². The van der Waals surface area contributed by atoms with Crippen LogP contribution in [0.25, 0.3) is 0 Å². The number of nitrogens with zero attached hydrogens (tertiary/aromatic N) is 3. The van der Waals surface area contributed by atoms with Crippen LogP contribution < -0.4 is 14.8 Å². The summed E-state index contributed by atoms with van der Waals surface area (Å²) in [6.07, 6.45) is -4.96. The first-order chi connectivity index (χ1) is 14.1. The molecule has 0 saturated carbocycles. The number of anilines is 1. The van der Waals surface area contributed by atoms with Crippen LogP contribution in [0.2, 0.25) is 0 Å². The molecule has 0 saturated heterocycles. The van der Waals surface area contributed by atoms with Gasteiger partial charge >= 0.3 is 6.18 Å². The summed E-state index contributed by atoms with van der Waals surface area (Å²) in [5.74, 6) is -4.66. The van der Waals surface area contributed by atoms with E-state index in [9.17, 15) is 22.0 Å². The molecule has 0 aromatic heterocycles. The minimum Gasteiger partial charge on any atom is -0.493 e. The topological polar surface area (TPSA) is 102 Å². The summed E-state index contributed by atoms with van der Waals surface area (Å²) in [6, 6.07) is 8.53. The first-order valence-corrected chi connectivity index (χ1v) is 7.78. The number of ether oxygens (including phenoxy) is 2. The van der Waals surface area contributed by atoms with Crippen LogP contribution >= 0.6 is 0 Å². The maximum absolute atomic E-state index is 14.1. The Bertz CT molecular complexity index is 1100. The van der Waals surface area contributed by atoms with Crippen molar-refractivity contribution in [2.24, 2.45) is 0 Å². The molecule has 1 N–H and O–H groups in total. The lowest BCUT2D eigenvalue weighted by molar-refractivity contribution is -0.138. The lowest BCUT2D eigenvalue weighted by Crippen LogP contribution is -2.07. The van der Waals surface area contributed by atoms with Gasteiger partial charge in [0.25, 0.3) is 0 Å². The van der Waals surface area contributed by atoms with Gasteiger partial charge in [0.15, 0.2) is 34.5 Å². The third kappa shape index (κ3) is 4.75. The van der Waals surface area contributed by atoms with E-state index >= 15 is 0 Å². The Morgan fingerprint density at radius 3 is 2.00 bits per heavy atom. The third-order valence-electron chi connectivity index (χ3n) is 3.56. The standard InChI is InChI=1S/C19H9F5N4O2/c1-29-16-3-2-12(28-15(9-27)10(7-25)8-26)6-17(16)30-18-13(20)4-11(5-14(18)21)19(22,23)24/h2-6,28H,1H3. The van der Waals surface area contributed by atoms with Gasteiger partial charge in [-0.1, -0.05) is 0 Å². The van der Waals surface area contributed by atoms with Gasteiger partial charge in [-0.15, -0.1) is 0 Å². The number of alkyl halides is 3. The average molecular weight is 420 g/mol. The van der Waals surface area contributed by atoms with Crippen LogP contribution in [0, 0.1) is 45.6 Å². The van der Waals surface area contributed by atoms with Crippen molar-refractivity contribution in [3.05, 3.63) is 58.8 Å². The SMILES string of the molecule is COc1ccc(NC(C#N)=C(C#N)C#N)cc1Oc1c(F)cc(C(F)(F)F)cc1F. The molecule has 0 spiro atoms. The van der Waals surface area contributed by atoms with Crippen LogP contribution in [0.1, 0.15) is 5.56 Å². The van der Waals surface area contributed by atoms with Gasteiger partial charge in [-0.2, -0.15) is 29.0 Å². The molecule has 0 atom stereocenters. The first kappa shape index (κ1) is 22.0. The zero-order valence-electron chi connectivity index (χ0n) is 14.9. The number of hydrogen-bond acceptors (Lipinski definition) is 6. The minimum absolute atomic E-state index is 0.0393. The molecule has 0 fully saturated rings. The van der Waals surface area contributed by atoms with Crippen LogP contribution in [-0.2, 0) is 6.18 Å². The predicted molar refractivity (Wildman–Crippen MR) is 91.9 cm³/mol. The predicted octanol–water partition coefficient (Wildman–Crippen LogP) is 5.02. The van der Waals surface area contributed by atoms with Crippen LogP contribution in [0.4, 0.5) is 27.6 Å². The molecule has 2 aromatic carbocycles. The number of hydrogen-bond donors (Lipinski definition) is 1. The van der Waals surface area contributed by atoms with E-state index in [4.69, 9.17) is 25.3 Å². The van der Waals surface area contributed by atoms with Gasteiger partial charge in [0.1, 0.15) is 23.9 Å². The van der Waals surface area contributed by atoms with Gasteiger partial charge in [-0.3, -0.25) is 0 Å². The first-order valence-electron chi connectivity index (χ1n) is 7.78. The molecule has 0 amide bonds. The number of methoxy groups -OCH3 is 1. The van der Waals surface area contributed by atoms with E-state index in [1.54, 1.807) is 6.07 Å². The Morgan fingerprint density at radius 2 is 1.53 bits per heavy atom. The average Bonchev–Trinajstić information content (AvgIpc) is 2.70. The number of rotatable bonds is 5. The number of benzene rings is 2. The second-order valence-corrected chi connectivity index (χ2v) is 5.44. The van der Waals surface area contributed by atoms with E-state index in [0.29, 0.717) is 0 Å². The molecule has 0 bridgehead atoms. The summed E-state index contributed by atoms with van der Waals surface area (Å²) in [5, 5.41) is 29.2. The fourth-order valence-corrected chi connectivity index (χ4v) is 2.19. The highest BCUT2D eigenvalue weighted by Crippen LogP contribution is 2.39. The summed E-state index contributed by atoms with van der Waals surface area (Å²) in [7, 11) is 1.21. The Labute approximate surface area is 166 Å². The maximum atomic E-state index is 14.1. The number of allylic oxidation sites excluding steroid dienone is 2. The molecule has 0 aliphatic rings. The minimum atomic E-state index is -4.96. The van der Waals surface area contributed by atoms with Crippen molar-refractivity contribution in [2.45, 2.75) is 6.18 Å². The number of nitrogens with one attached hydrogen (secondary N) is 1. The lowest BCUT2D eigenvalue weighted by Gasteiger charge is -2.15. The van der Waals surface area contributed by atoms with E-state index in [-0.39, 0.29) is 29.3 Å². The van der Waals surface area contributed by atoms with Crippen molar-refractivity contribution in [1.29, 1.82) is 15.8 Å². The van der Waals surface area contributed by atoms with Gasteiger partial charge < -0.3 is 14.8 Å². The third-order valence-corrected chi connectivity index (χ3v) is 3.56. The van der Waals surface area contributed by atoms with E-state index in [1.807, 2.05) is 0 Å². The summed E-state index contributed by atoms with van der Waals surface area (Å²) in [4.78, 5) is 0. The van der Waals surface area contributed by atoms with Gasteiger partial charge in [-0.05, 0) is 24.3 Å². The Kier molecular flexibility index (Phi) is 6.45. The molecular weight excluding hydrogens is 411 g/mol. The molecule has 0 aliphatic carbocycles. The summed E-state index contributed by atoms with van der Waals surface area (Å²) < 4.78 is 76.3. The molecule has 2 rings (SSSR count). The molecule has 0 unspecified atom stereocenters. The molecule has 0 radical (unpaired) electrons. The van der Waals surface area contributed by atoms with E-state index in [2.05, 4.69) is 5.32 Å². The summed E-state index contributed by atoms with van der Waals surface area (Å²) >= 11 is 0. The van der Waals surface area contributed by atoms with E-state index in [1.165, 1.54) is 31.4 Å². The van der Waals surface area contributed by atoms with Gasteiger partial charge in [0.2, 0.25) is 0 Å².